The number of aryl methyl sites for hydroxylation is 2. The van der Waals surface area contributed by atoms with Gasteiger partial charge in [0.05, 0.1) is 48.8 Å². The van der Waals surface area contributed by atoms with Gasteiger partial charge in [-0.3, -0.25) is 9.59 Å². The third-order valence-corrected chi connectivity index (χ3v) is 13.7. The minimum atomic E-state index is -1.05. The summed E-state index contributed by atoms with van der Waals surface area (Å²) in [6, 6.07) is 73.5. The molecule has 10 rings (SSSR count). The first kappa shape index (κ1) is 71.5. The Kier molecular flexibility index (Phi) is 29.1. The maximum absolute atomic E-state index is 11.0. The molecule has 0 saturated carbocycles. The van der Waals surface area contributed by atoms with Crippen LogP contribution in [0.4, 0.5) is 0 Å². The van der Waals surface area contributed by atoms with E-state index in [4.69, 9.17) is 70.3 Å². The SMILES string of the molecule is COc1cc(CC(=O)O)ccc1OCc1ccccc1.COc1ccc(C(=O)O)cc1OCc1ccccc1.Cc1cc(C(=O)O)cc(C)c1OCc1ccccc1.O=C(O)Cc1ccccc1OCc1ccccc1.O=C(O)c1ccc(OCc2ccccc2)cc1Cl. The van der Waals surface area contributed by atoms with Crippen molar-refractivity contribution in [2.24, 2.45) is 0 Å². The van der Waals surface area contributed by atoms with E-state index in [0.717, 1.165) is 44.7 Å². The molecule has 0 amide bonds. The highest BCUT2D eigenvalue weighted by molar-refractivity contribution is 6.33. The minimum Gasteiger partial charge on any atom is -0.493 e. The first-order chi connectivity index (χ1) is 45.4. The first-order valence-corrected chi connectivity index (χ1v) is 29.6. The second-order valence-electron chi connectivity index (χ2n) is 20.5. The third-order valence-electron chi connectivity index (χ3n) is 13.4. The second kappa shape index (κ2) is 38.2. The first-order valence-electron chi connectivity index (χ1n) is 29.2. The minimum absolute atomic E-state index is 0.0229. The van der Waals surface area contributed by atoms with Crippen LogP contribution in [0, 0.1) is 13.8 Å². The summed E-state index contributed by atoms with van der Waals surface area (Å²) in [6.07, 6.45) is -0.0553. The van der Waals surface area contributed by atoms with E-state index in [0.29, 0.717) is 84.2 Å². The molecule has 0 radical (unpaired) electrons. The number of methoxy groups -OCH3 is 2. The van der Waals surface area contributed by atoms with Gasteiger partial charge in [0.15, 0.2) is 23.0 Å². The fourth-order valence-electron chi connectivity index (χ4n) is 8.73. The van der Waals surface area contributed by atoms with Crippen molar-refractivity contribution in [3.05, 3.63) is 314 Å². The average Bonchev–Trinajstić information content (AvgIpc) is 1.16. The van der Waals surface area contributed by atoms with Crippen molar-refractivity contribution in [1.29, 1.82) is 0 Å². The van der Waals surface area contributed by atoms with Gasteiger partial charge in [0.1, 0.15) is 50.3 Å². The molecule has 0 aromatic heterocycles. The van der Waals surface area contributed by atoms with Gasteiger partial charge in [-0.2, -0.15) is 0 Å². The van der Waals surface area contributed by atoms with Crippen molar-refractivity contribution in [2.75, 3.05) is 14.2 Å². The van der Waals surface area contributed by atoms with Crippen LogP contribution in [0.1, 0.15) is 81.1 Å². The van der Waals surface area contributed by atoms with Gasteiger partial charge in [0, 0.05) is 5.56 Å². The summed E-state index contributed by atoms with van der Waals surface area (Å²) in [6.45, 7) is 5.87. The molecule has 0 spiro atoms. The number of carboxylic acid groups (broad SMARTS) is 5. The lowest BCUT2D eigenvalue weighted by atomic mass is 10.1. The highest BCUT2D eigenvalue weighted by Gasteiger charge is 2.14. The maximum Gasteiger partial charge on any atom is 0.337 e. The van der Waals surface area contributed by atoms with Crippen molar-refractivity contribution in [1.82, 2.24) is 0 Å². The summed E-state index contributed by atoms with van der Waals surface area (Å²) >= 11 is 5.85. The van der Waals surface area contributed by atoms with Crippen molar-refractivity contribution >= 4 is 41.4 Å². The van der Waals surface area contributed by atoms with Crippen LogP contribution in [0.3, 0.4) is 0 Å². The molecular weight excluding hydrogens is 1220 g/mol. The lowest BCUT2D eigenvalue weighted by Crippen LogP contribution is -2.04. The second-order valence-corrected chi connectivity index (χ2v) is 20.9. The number of aliphatic carboxylic acids is 2. The van der Waals surface area contributed by atoms with Crippen LogP contribution in [0.25, 0.3) is 0 Å². The highest BCUT2D eigenvalue weighted by atomic mass is 35.5. The van der Waals surface area contributed by atoms with Crippen molar-refractivity contribution in [3.63, 3.8) is 0 Å². The predicted molar refractivity (Wildman–Crippen MR) is 357 cm³/mol. The Balaban J connectivity index is 0.000000186. The summed E-state index contributed by atoms with van der Waals surface area (Å²) in [5.74, 6) is -0.665. The predicted octanol–water partition coefficient (Wildman–Crippen LogP) is 16.0. The molecule has 0 aliphatic rings. The normalized spacial score (nSPS) is 10.1. The zero-order valence-corrected chi connectivity index (χ0v) is 52.8. The molecule has 0 fully saturated rings. The van der Waals surface area contributed by atoms with E-state index >= 15 is 0 Å². The molecule has 5 N–H and O–H groups in total. The molecule has 0 atom stereocenters. The summed E-state index contributed by atoms with van der Waals surface area (Å²) < 4.78 is 38.7. The number of rotatable bonds is 24. The molecule has 94 heavy (non-hydrogen) atoms. The van der Waals surface area contributed by atoms with Crippen LogP contribution in [-0.2, 0) is 55.5 Å². The van der Waals surface area contributed by atoms with E-state index in [9.17, 15) is 24.0 Å². The van der Waals surface area contributed by atoms with Crippen molar-refractivity contribution in [3.8, 4) is 40.2 Å². The Morgan fingerprint density at radius 1 is 0.340 bits per heavy atom. The largest absolute Gasteiger partial charge is 0.493 e. The van der Waals surface area contributed by atoms with Crippen LogP contribution in [-0.4, -0.2) is 69.6 Å². The van der Waals surface area contributed by atoms with Gasteiger partial charge >= 0.3 is 29.8 Å². The lowest BCUT2D eigenvalue weighted by molar-refractivity contribution is -0.137. The maximum atomic E-state index is 11.0. The monoisotopic (exact) mass is 1290 g/mol. The lowest BCUT2D eigenvalue weighted by Gasteiger charge is -2.13. The van der Waals surface area contributed by atoms with E-state index in [1.807, 2.05) is 178 Å². The number of aromatic carboxylic acids is 3. The molecule has 0 bridgehead atoms. The van der Waals surface area contributed by atoms with E-state index < -0.39 is 29.8 Å². The number of para-hydroxylation sites is 1. The molecule has 0 aliphatic heterocycles. The average molecular weight is 1290 g/mol. The van der Waals surface area contributed by atoms with Gasteiger partial charge in [0.25, 0.3) is 0 Å². The van der Waals surface area contributed by atoms with Gasteiger partial charge in [0.2, 0.25) is 0 Å². The van der Waals surface area contributed by atoms with Crippen molar-refractivity contribution in [2.45, 2.75) is 59.7 Å². The van der Waals surface area contributed by atoms with Gasteiger partial charge in [-0.25, -0.2) is 14.4 Å². The number of hydrogen-bond acceptors (Lipinski definition) is 12. The van der Waals surface area contributed by atoms with Crippen LogP contribution >= 0.6 is 11.6 Å². The number of carbonyl (C=O) groups is 5. The molecule has 0 heterocycles. The Bertz CT molecular complexity index is 4000. The molecule has 0 saturated heterocycles. The fraction of sp³-hybridized carbons (Fsp3) is 0.145. The number of hydrogen-bond donors (Lipinski definition) is 5. The smallest absolute Gasteiger partial charge is 0.337 e. The zero-order valence-electron chi connectivity index (χ0n) is 52.1. The summed E-state index contributed by atoms with van der Waals surface area (Å²) in [4.78, 5) is 54.1. The third kappa shape index (κ3) is 24.7. The molecule has 10 aromatic rings. The van der Waals surface area contributed by atoms with E-state index in [1.54, 1.807) is 54.6 Å². The topological polar surface area (TPSA) is 251 Å². The van der Waals surface area contributed by atoms with Gasteiger partial charge in [-0.1, -0.05) is 188 Å². The standard InChI is InChI=1S/C16H16O4.C16H16O3.C15H14O4.C15H14O3.C14H11ClO3/c1-19-15-9-13(10-16(17)18)7-8-14(15)20-11-12-5-3-2-4-6-12;1-11-8-14(16(17)18)9-12(2)15(11)19-10-13-6-4-3-5-7-13;1-18-13-8-7-12(15(16)17)9-14(13)19-10-11-5-3-2-4-6-11;16-15(17)10-13-8-4-5-9-14(13)18-11-12-6-2-1-3-7-12;15-13-8-11(6-7-12(13)14(16)17)18-9-10-4-2-1-3-5-10/h2-9H,10-11H2,1H3,(H,17,18);3-9H,10H2,1-2H3,(H,17,18);2-9H,10H2,1H3,(H,16,17);1-9H,10-11H2,(H,16,17);1-8H,9H2,(H,16,17). The van der Waals surface area contributed by atoms with E-state index in [2.05, 4.69) is 0 Å². The molecular formula is C76H71ClO17. The van der Waals surface area contributed by atoms with Crippen molar-refractivity contribution < 1.29 is 82.7 Å². The Morgan fingerprint density at radius 2 is 0.755 bits per heavy atom. The molecule has 10 aromatic carbocycles. The van der Waals surface area contributed by atoms with Crippen LogP contribution in [0.15, 0.2) is 243 Å². The number of halogens is 1. The summed E-state index contributed by atoms with van der Waals surface area (Å²) in [7, 11) is 3.06. The Hall–Kier alpha value is -11.6. The van der Waals surface area contributed by atoms with Crippen LogP contribution in [0.5, 0.6) is 40.2 Å². The molecule has 484 valence electrons. The van der Waals surface area contributed by atoms with Gasteiger partial charge in [-0.05, 0) is 125 Å². The van der Waals surface area contributed by atoms with E-state index in [1.165, 1.54) is 38.5 Å². The summed E-state index contributed by atoms with van der Waals surface area (Å²) in [5, 5.41) is 44.6. The molecule has 18 heteroatoms. The van der Waals surface area contributed by atoms with Gasteiger partial charge < -0.3 is 58.7 Å². The Labute approximate surface area is 550 Å². The summed E-state index contributed by atoms with van der Waals surface area (Å²) in [5.41, 5.74) is 8.84. The van der Waals surface area contributed by atoms with Gasteiger partial charge in [-0.15, -0.1) is 0 Å². The quantitative estimate of drug-likeness (QED) is 0.0377. The van der Waals surface area contributed by atoms with Crippen LogP contribution < -0.4 is 33.2 Å². The van der Waals surface area contributed by atoms with E-state index in [-0.39, 0.29) is 29.0 Å². The number of carboxylic acids is 5. The number of ether oxygens (including phenoxy) is 7. The number of benzene rings is 10. The molecule has 0 aliphatic carbocycles. The highest BCUT2D eigenvalue weighted by Crippen LogP contribution is 2.31. The van der Waals surface area contributed by atoms with Crippen LogP contribution in [0.2, 0.25) is 5.02 Å². The molecule has 0 unspecified atom stereocenters. The zero-order chi connectivity index (χ0) is 67.6. The molecule has 17 nitrogen and oxygen atoms in total. The Morgan fingerprint density at radius 3 is 1.19 bits per heavy atom. The fourth-order valence-corrected chi connectivity index (χ4v) is 8.98.